The quantitative estimate of drug-likeness (QED) is 0.0613. The van der Waals surface area contributed by atoms with Crippen LogP contribution < -0.4 is 26.8 Å². The highest BCUT2D eigenvalue weighted by Crippen LogP contribution is 2.36. The molecule has 4 amide bonds. The van der Waals surface area contributed by atoms with Gasteiger partial charge in [-0.2, -0.15) is 0 Å². The number of tetrazole rings is 2. The number of nitrogens with zero attached hydrogens (tertiary/aromatic N) is 12. The molecule has 12 rings (SSSR count). The molecule has 5 aromatic carbocycles. The summed E-state index contributed by atoms with van der Waals surface area (Å²) in [5, 5.41) is 47.9. The number of allylic oxidation sites excluding steroid dienone is 1. The summed E-state index contributed by atoms with van der Waals surface area (Å²) in [7, 11) is 3.57. The highest BCUT2D eigenvalue weighted by atomic mass is 79.9. The molecule has 7 heterocycles. The molecule has 4 aromatic heterocycles. The number of aryl methyl sites for hydroxylation is 3. The lowest BCUT2D eigenvalue weighted by molar-refractivity contribution is 0.174. The molecule has 0 spiro atoms. The minimum atomic E-state index is -0.221. The number of amides is 4. The van der Waals surface area contributed by atoms with Gasteiger partial charge in [0.05, 0.1) is 5.39 Å². The molecule has 0 saturated carbocycles. The average molecular weight is 1340 g/mol. The van der Waals surface area contributed by atoms with E-state index in [1.807, 2.05) is 78.9 Å². The van der Waals surface area contributed by atoms with Crippen molar-refractivity contribution >= 4 is 84.2 Å². The third-order valence-electron chi connectivity index (χ3n) is 16.8. The van der Waals surface area contributed by atoms with Crippen LogP contribution in [0.5, 0.6) is 0 Å². The summed E-state index contributed by atoms with van der Waals surface area (Å²) in [6.07, 6.45) is 10.3. The first-order chi connectivity index (χ1) is 43.9. The number of urea groups is 2. The zero-order valence-electron chi connectivity index (χ0n) is 52.5. The maximum atomic E-state index is 13.1. The standard InChI is InChI=1S/C25H32ClN7O.C23H28FN7O.C20H20BrN3S.4H2/c1-3-18-12-21(24-29-30-31-32(24)2)15-23(14-18)28-25(34)27-16-20-7-5-10-33(17-20)11-9-19-6-4-8-22(26)13-19;1-30-22(27-28-29-30)19-5-2-6-21(14-19)26-23(32)25-15-18-4-3-12-31(16-18)13-11-17-7-9-20(24)10-8-17;1-20(2,3)14-11-25-19-16(14)17(22)24-9-8-13(18(24)23-19)10-12-6-4-5-7-15(12)21;;;;/h4,6,8,12-15,20H,3,5,7,9-11,16-17H2,1-2H3,(H2,27,28,34);2,5-10,14,18H,3-4,11-13,15-16H2,1H3,(H2,25,26,32);4-7,10-11,22H,8-9H2,1-3H3;4*1H/b;;13-10+,22-17?;;;;/t20-;;;;;;/m0....../s1. The lowest BCUT2D eigenvalue weighted by Gasteiger charge is -2.32. The Morgan fingerprint density at radius 2 is 1.36 bits per heavy atom. The lowest BCUT2D eigenvalue weighted by Crippen LogP contribution is -2.42. The van der Waals surface area contributed by atoms with Crippen LogP contribution in [0.2, 0.25) is 5.02 Å². The van der Waals surface area contributed by atoms with Crippen LogP contribution in [0.15, 0.2) is 125 Å². The first-order valence-corrected chi connectivity index (χ1v) is 33.2. The molecule has 0 bridgehead atoms. The third kappa shape index (κ3) is 17.9. The Hall–Kier alpha value is -8.02. The number of carbonyl (C=O) groups excluding carboxylic acids is 2. The Kier molecular flexibility index (Phi) is 22.4. The predicted molar refractivity (Wildman–Crippen MR) is 373 cm³/mol. The number of halogens is 3. The van der Waals surface area contributed by atoms with Gasteiger partial charge in [-0.3, -0.25) is 5.41 Å². The van der Waals surface area contributed by atoms with Gasteiger partial charge in [0, 0.05) is 97.6 Å². The van der Waals surface area contributed by atoms with Crippen molar-refractivity contribution in [3.63, 3.8) is 0 Å². The van der Waals surface area contributed by atoms with Crippen molar-refractivity contribution in [3.05, 3.63) is 175 Å². The summed E-state index contributed by atoms with van der Waals surface area (Å²) in [5.41, 5.74) is 10.9. The van der Waals surface area contributed by atoms with E-state index < -0.39 is 0 Å². The van der Waals surface area contributed by atoms with E-state index in [4.69, 9.17) is 22.0 Å². The molecule has 2 atom stereocenters. The Labute approximate surface area is 554 Å². The van der Waals surface area contributed by atoms with Crippen molar-refractivity contribution in [3.8, 4) is 22.8 Å². The molecule has 0 radical (unpaired) electrons. The maximum absolute atomic E-state index is 13.1. The van der Waals surface area contributed by atoms with Gasteiger partial charge in [0.2, 0.25) is 0 Å². The highest BCUT2D eigenvalue weighted by molar-refractivity contribution is 9.10. The van der Waals surface area contributed by atoms with Gasteiger partial charge in [0.1, 0.15) is 22.0 Å². The number of anilines is 2. The first-order valence-electron chi connectivity index (χ1n) is 31.2. The van der Waals surface area contributed by atoms with E-state index in [1.54, 1.807) is 34.8 Å². The van der Waals surface area contributed by atoms with Crippen molar-refractivity contribution in [2.24, 2.45) is 25.9 Å². The van der Waals surface area contributed by atoms with Crippen LogP contribution in [0, 0.1) is 23.1 Å². The Bertz CT molecular complexity index is 4070. The number of aromatic nitrogens is 10. The van der Waals surface area contributed by atoms with E-state index in [2.05, 4.69) is 146 Å². The van der Waals surface area contributed by atoms with Crippen LogP contribution in [0.1, 0.15) is 99.1 Å². The highest BCUT2D eigenvalue weighted by Gasteiger charge is 2.27. The monoisotopic (exact) mass is 1340 g/mol. The van der Waals surface area contributed by atoms with Gasteiger partial charge in [0.25, 0.3) is 0 Å². The molecule has 484 valence electrons. The molecular weight excluding hydrogens is 1250 g/mol. The zero-order valence-corrected chi connectivity index (χ0v) is 55.7. The van der Waals surface area contributed by atoms with E-state index in [-0.39, 0.29) is 29.0 Å². The number of likely N-dealkylation sites (tertiary alicyclic amines) is 2. The second kappa shape index (κ2) is 30.9. The summed E-state index contributed by atoms with van der Waals surface area (Å²) >= 11 is 11.4. The summed E-state index contributed by atoms with van der Waals surface area (Å²) in [5.74, 6) is 2.90. The average Bonchev–Trinajstić information content (AvgIpc) is 1.61. The largest absolute Gasteiger partial charge is 0.338 e. The summed E-state index contributed by atoms with van der Waals surface area (Å²) in [6, 6.07) is 36.0. The molecule has 5 N–H and O–H groups in total. The SMILES string of the molecule is CC(C)(C)c1csc2nc3n(c(=N)c12)CC/C3=C\c1ccccc1Br.CCc1cc(NC(=O)NC[C@@H]2CCCN(CCc3cccc(Cl)c3)C2)cc(-c2nnnn2C)c1.Cn1nnnc1-c1cccc(NC(=O)NCC2CCCN(CCc3ccc(F)cc3)C2)c1.[HH].[HH].[HH].[HH]. The number of thiophene rings is 1. The van der Waals surface area contributed by atoms with Crippen molar-refractivity contribution in [2.75, 3.05) is 63.0 Å². The minimum Gasteiger partial charge on any atom is -0.338 e. The number of hydrogen-bond donors (Lipinski definition) is 5. The second-order valence-electron chi connectivity index (χ2n) is 24.6. The number of rotatable bonds is 16. The molecule has 0 aliphatic carbocycles. The molecule has 3 aliphatic heterocycles. The summed E-state index contributed by atoms with van der Waals surface area (Å²) < 4.78 is 19.4. The van der Waals surface area contributed by atoms with E-state index in [1.165, 1.54) is 28.8 Å². The fraction of sp³-hybridized carbons (Fsp3) is 0.382. The molecule has 3 aliphatic rings. The Morgan fingerprint density at radius 3 is 1.99 bits per heavy atom. The molecule has 23 heteroatoms. The first kappa shape index (κ1) is 65.9. The third-order valence-corrected chi connectivity index (χ3v) is 18.6. The maximum Gasteiger partial charge on any atom is 0.319 e. The van der Waals surface area contributed by atoms with Crippen LogP contribution >= 0.6 is 38.9 Å². The fourth-order valence-electron chi connectivity index (χ4n) is 11.9. The van der Waals surface area contributed by atoms with Crippen LogP contribution in [0.4, 0.5) is 25.4 Å². The molecule has 2 saturated heterocycles. The van der Waals surface area contributed by atoms with Crippen molar-refractivity contribution in [2.45, 2.75) is 91.0 Å². The number of fused-ring (bicyclic) bond motifs is 2. The summed E-state index contributed by atoms with van der Waals surface area (Å²) in [4.78, 5) is 35.9. The van der Waals surface area contributed by atoms with E-state index in [0.29, 0.717) is 47.7 Å². The van der Waals surface area contributed by atoms with Gasteiger partial charge in [-0.1, -0.05) is 110 Å². The van der Waals surface area contributed by atoms with Gasteiger partial charge in [0.15, 0.2) is 11.6 Å². The van der Waals surface area contributed by atoms with Crippen molar-refractivity contribution in [1.29, 1.82) is 5.41 Å². The number of carbonyl (C=O) groups is 2. The molecule has 19 nitrogen and oxygen atoms in total. The van der Waals surface area contributed by atoms with Gasteiger partial charge in [-0.25, -0.2) is 28.3 Å². The van der Waals surface area contributed by atoms with E-state index >= 15 is 0 Å². The van der Waals surface area contributed by atoms with Crippen molar-refractivity contribution < 1.29 is 19.7 Å². The van der Waals surface area contributed by atoms with Gasteiger partial charge in [-0.15, -0.1) is 21.5 Å². The van der Waals surface area contributed by atoms with E-state index in [0.717, 1.165) is 156 Å². The van der Waals surface area contributed by atoms with Crippen LogP contribution in [-0.2, 0) is 45.3 Å². The smallest absolute Gasteiger partial charge is 0.319 e. The van der Waals surface area contributed by atoms with E-state index in [9.17, 15) is 14.0 Å². The van der Waals surface area contributed by atoms with Gasteiger partial charge in [-0.05, 0) is 208 Å². The van der Waals surface area contributed by atoms with Crippen LogP contribution in [0.3, 0.4) is 0 Å². The minimum absolute atomic E-state index is 0. The van der Waals surface area contributed by atoms with Crippen molar-refractivity contribution in [1.82, 2.24) is 70.4 Å². The lowest BCUT2D eigenvalue weighted by atomic mass is 9.87. The van der Waals surface area contributed by atoms with Crippen LogP contribution in [-0.4, -0.2) is 124 Å². The fourth-order valence-corrected chi connectivity index (χ4v) is 13.7. The Balaban J connectivity index is 0.000000223. The number of hydrogen-bond acceptors (Lipinski definition) is 13. The number of benzene rings is 5. The molecule has 9 aromatic rings. The molecule has 2 fully saturated rings. The number of nitrogens with one attached hydrogen (secondary N) is 5. The topological polar surface area (TPSA) is 218 Å². The molecule has 91 heavy (non-hydrogen) atoms. The van der Waals surface area contributed by atoms with Gasteiger partial charge >= 0.3 is 12.1 Å². The van der Waals surface area contributed by atoms with Gasteiger partial charge < -0.3 is 35.6 Å². The van der Waals surface area contributed by atoms with Crippen LogP contribution in [0.25, 0.3) is 44.6 Å². The predicted octanol–water partition coefficient (Wildman–Crippen LogP) is 13.8. The Morgan fingerprint density at radius 1 is 0.736 bits per heavy atom. The normalized spacial score (nSPS) is 16.3. The zero-order chi connectivity index (χ0) is 64.0. The second-order valence-corrected chi connectivity index (χ2v) is 26.8. The molecular formula is C68H88BrClFN17O2S. The number of piperidine rings is 2. The molecule has 1 unspecified atom stereocenters. The summed E-state index contributed by atoms with van der Waals surface area (Å²) in [6.45, 7) is 16.9.